The van der Waals surface area contributed by atoms with Gasteiger partial charge in [-0.1, -0.05) is 6.07 Å². The number of pyridine rings is 1. The largest absolute Gasteiger partial charge is 0.449 e. The third-order valence-corrected chi connectivity index (χ3v) is 4.03. The minimum Gasteiger partial charge on any atom is -0.449 e. The number of non-ortho nitro benzene ring substituents is 1. The molecule has 2 rings (SSSR count). The zero-order valence-corrected chi connectivity index (χ0v) is 15.7. The molecule has 0 aliphatic carbocycles. The number of aromatic nitrogens is 1. The smallest absolute Gasteiger partial charge is 0.433 e. The normalized spacial score (nSPS) is 12.3. The first kappa shape index (κ1) is 23.0. The first-order chi connectivity index (χ1) is 14.1. The van der Waals surface area contributed by atoms with E-state index in [-0.39, 0.29) is 43.7 Å². The molecule has 1 aromatic heterocycles. The second-order valence-corrected chi connectivity index (χ2v) is 6.36. The maximum absolute atomic E-state index is 13.9. The summed E-state index contributed by atoms with van der Waals surface area (Å²) < 4.78 is 56.7. The topological polar surface area (TPSA) is 94.4 Å². The fourth-order valence-electron chi connectivity index (χ4n) is 2.52. The van der Waals surface area contributed by atoms with Gasteiger partial charge in [-0.25, -0.2) is 14.2 Å². The van der Waals surface area contributed by atoms with Crippen molar-refractivity contribution in [2.24, 2.45) is 0 Å². The van der Waals surface area contributed by atoms with E-state index in [1.54, 1.807) is 0 Å². The van der Waals surface area contributed by atoms with Gasteiger partial charge in [0.2, 0.25) is 0 Å². The van der Waals surface area contributed by atoms with Crippen LogP contribution in [-0.2, 0) is 17.3 Å². The molecule has 0 bridgehead atoms. The number of ether oxygens (including phenoxy) is 1. The molecule has 162 valence electrons. The number of nitro groups is 1. The van der Waals surface area contributed by atoms with Gasteiger partial charge in [0.05, 0.1) is 11.5 Å². The second kappa shape index (κ2) is 10.5. The lowest BCUT2D eigenvalue weighted by atomic mass is 10.1. The molecule has 0 saturated carbocycles. The molecule has 1 aromatic carbocycles. The van der Waals surface area contributed by atoms with Crippen LogP contribution in [0, 0.1) is 10.1 Å². The molecule has 11 heteroatoms. The standard InChI is InChI=1S/C19H19F4N3O4/c20-13(6-7-14-4-1-5-17(24-14)19(21,22)23)3-2-12-30-18(27)25-15-8-10-16(11-9-15)26(28)29/h1,4-5,8-11,13H,2-3,6-7,12H2,(H,25,27). The van der Waals surface area contributed by atoms with Crippen LogP contribution in [0.3, 0.4) is 0 Å². The minimum absolute atomic E-state index is 0.00328. The predicted octanol–water partition coefficient (Wildman–Crippen LogP) is 5.31. The Labute approximate surface area is 169 Å². The number of amides is 1. The van der Waals surface area contributed by atoms with Crippen molar-refractivity contribution >= 4 is 17.5 Å². The fourth-order valence-corrected chi connectivity index (χ4v) is 2.52. The molecule has 1 amide bonds. The maximum atomic E-state index is 13.9. The molecular weight excluding hydrogens is 410 g/mol. The van der Waals surface area contributed by atoms with E-state index >= 15 is 0 Å². The van der Waals surface area contributed by atoms with Crippen molar-refractivity contribution in [2.45, 2.75) is 38.0 Å². The Kier molecular flexibility index (Phi) is 8.07. The number of nitro benzene ring substituents is 1. The molecular formula is C19H19F4N3O4. The number of carbonyl (C=O) groups excluding carboxylic acids is 1. The Balaban J connectivity index is 1.65. The molecule has 30 heavy (non-hydrogen) atoms. The van der Waals surface area contributed by atoms with Gasteiger partial charge in [-0.3, -0.25) is 15.4 Å². The van der Waals surface area contributed by atoms with Crippen LogP contribution in [0.15, 0.2) is 42.5 Å². The van der Waals surface area contributed by atoms with Crippen molar-refractivity contribution in [1.82, 2.24) is 4.98 Å². The highest BCUT2D eigenvalue weighted by Crippen LogP contribution is 2.27. The molecule has 0 saturated heterocycles. The van der Waals surface area contributed by atoms with Gasteiger partial charge >= 0.3 is 12.3 Å². The Bertz CT molecular complexity index is 860. The number of nitrogens with zero attached hydrogens (tertiary/aromatic N) is 2. The van der Waals surface area contributed by atoms with E-state index in [9.17, 15) is 32.5 Å². The van der Waals surface area contributed by atoms with Gasteiger partial charge in [-0.15, -0.1) is 0 Å². The highest BCUT2D eigenvalue weighted by molar-refractivity contribution is 5.84. The number of aryl methyl sites for hydroxylation is 1. The fraction of sp³-hybridized carbons (Fsp3) is 0.368. The summed E-state index contributed by atoms with van der Waals surface area (Å²) in [6.07, 6.45) is -6.24. The summed E-state index contributed by atoms with van der Waals surface area (Å²) in [6, 6.07) is 8.64. The average Bonchev–Trinajstić information content (AvgIpc) is 2.69. The molecule has 1 unspecified atom stereocenters. The summed E-state index contributed by atoms with van der Waals surface area (Å²) in [7, 11) is 0. The van der Waals surface area contributed by atoms with Crippen molar-refractivity contribution in [3.05, 3.63) is 64.0 Å². The monoisotopic (exact) mass is 429 g/mol. The Morgan fingerprint density at radius 3 is 2.50 bits per heavy atom. The van der Waals surface area contributed by atoms with Crippen LogP contribution in [0.4, 0.5) is 33.7 Å². The van der Waals surface area contributed by atoms with Gasteiger partial charge < -0.3 is 4.74 Å². The lowest BCUT2D eigenvalue weighted by molar-refractivity contribution is -0.384. The molecule has 0 spiro atoms. The number of anilines is 1. The van der Waals surface area contributed by atoms with E-state index in [0.29, 0.717) is 5.69 Å². The quantitative estimate of drug-likeness (QED) is 0.252. The van der Waals surface area contributed by atoms with Crippen LogP contribution in [0.25, 0.3) is 0 Å². The number of benzene rings is 1. The molecule has 0 aliphatic heterocycles. The van der Waals surface area contributed by atoms with E-state index in [4.69, 9.17) is 4.74 Å². The number of hydrogen-bond donors (Lipinski definition) is 1. The van der Waals surface area contributed by atoms with E-state index in [0.717, 1.165) is 6.07 Å². The SMILES string of the molecule is O=C(Nc1ccc([N+](=O)[O-])cc1)OCCCC(F)CCc1cccc(C(F)(F)F)n1. The molecule has 0 radical (unpaired) electrons. The lowest BCUT2D eigenvalue weighted by Gasteiger charge is -2.10. The first-order valence-corrected chi connectivity index (χ1v) is 9.00. The van der Waals surface area contributed by atoms with Crippen molar-refractivity contribution in [3.63, 3.8) is 0 Å². The van der Waals surface area contributed by atoms with E-state index in [1.165, 1.54) is 36.4 Å². The van der Waals surface area contributed by atoms with Gasteiger partial charge in [0.1, 0.15) is 11.9 Å². The van der Waals surface area contributed by atoms with Crippen LogP contribution in [0.5, 0.6) is 0 Å². The number of halogens is 4. The number of nitrogens with one attached hydrogen (secondary N) is 1. The van der Waals surface area contributed by atoms with Crippen molar-refractivity contribution < 1.29 is 32.0 Å². The van der Waals surface area contributed by atoms with Gasteiger partial charge in [0.25, 0.3) is 5.69 Å². The summed E-state index contributed by atoms with van der Waals surface area (Å²) in [6.45, 7) is -0.0545. The molecule has 0 fully saturated rings. The molecule has 1 heterocycles. The molecule has 2 aromatic rings. The minimum atomic E-state index is -4.54. The van der Waals surface area contributed by atoms with Gasteiger partial charge in [0, 0.05) is 23.5 Å². The summed E-state index contributed by atoms with van der Waals surface area (Å²) in [5, 5.41) is 12.9. The van der Waals surface area contributed by atoms with Gasteiger partial charge in [-0.05, 0) is 49.9 Å². The number of alkyl halides is 4. The van der Waals surface area contributed by atoms with Crippen LogP contribution in [0.1, 0.15) is 30.7 Å². The van der Waals surface area contributed by atoms with Crippen molar-refractivity contribution in [2.75, 3.05) is 11.9 Å². The van der Waals surface area contributed by atoms with Crippen LogP contribution in [0.2, 0.25) is 0 Å². The second-order valence-electron chi connectivity index (χ2n) is 6.36. The summed E-state index contributed by atoms with van der Waals surface area (Å²) in [4.78, 5) is 25.1. The van der Waals surface area contributed by atoms with E-state index in [2.05, 4.69) is 10.3 Å². The third kappa shape index (κ3) is 7.64. The Morgan fingerprint density at radius 1 is 1.17 bits per heavy atom. The average molecular weight is 429 g/mol. The van der Waals surface area contributed by atoms with Crippen molar-refractivity contribution in [1.29, 1.82) is 0 Å². The third-order valence-electron chi connectivity index (χ3n) is 4.03. The summed E-state index contributed by atoms with van der Waals surface area (Å²) in [5.74, 6) is 0. The summed E-state index contributed by atoms with van der Waals surface area (Å²) in [5.41, 5.74) is -0.667. The highest BCUT2D eigenvalue weighted by atomic mass is 19.4. The lowest BCUT2D eigenvalue weighted by Crippen LogP contribution is -2.15. The molecule has 0 aliphatic rings. The number of rotatable bonds is 9. The number of hydrogen-bond acceptors (Lipinski definition) is 5. The Morgan fingerprint density at radius 2 is 1.87 bits per heavy atom. The highest BCUT2D eigenvalue weighted by Gasteiger charge is 2.32. The van der Waals surface area contributed by atoms with Gasteiger partial charge in [0.15, 0.2) is 0 Å². The number of carbonyl (C=O) groups is 1. The molecule has 1 N–H and O–H groups in total. The first-order valence-electron chi connectivity index (χ1n) is 9.00. The van der Waals surface area contributed by atoms with E-state index < -0.39 is 29.1 Å². The predicted molar refractivity (Wildman–Crippen MR) is 99.8 cm³/mol. The van der Waals surface area contributed by atoms with Crippen LogP contribution < -0.4 is 5.32 Å². The summed E-state index contributed by atoms with van der Waals surface area (Å²) >= 11 is 0. The van der Waals surface area contributed by atoms with Crippen LogP contribution >= 0.6 is 0 Å². The zero-order chi connectivity index (χ0) is 22.1. The zero-order valence-electron chi connectivity index (χ0n) is 15.7. The van der Waals surface area contributed by atoms with Gasteiger partial charge in [-0.2, -0.15) is 13.2 Å². The van der Waals surface area contributed by atoms with Crippen LogP contribution in [-0.4, -0.2) is 28.8 Å². The van der Waals surface area contributed by atoms with E-state index in [1.807, 2.05) is 0 Å². The molecule has 1 atom stereocenters. The molecule has 7 nitrogen and oxygen atoms in total. The van der Waals surface area contributed by atoms with Crippen molar-refractivity contribution in [3.8, 4) is 0 Å². The maximum Gasteiger partial charge on any atom is 0.433 e. The Hall–Kier alpha value is -3.24.